The fourth-order valence-electron chi connectivity index (χ4n) is 1.64. The summed E-state index contributed by atoms with van der Waals surface area (Å²) < 4.78 is 9.90. The second-order valence-electron chi connectivity index (χ2n) is 6.85. The van der Waals surface area contributed by atoms with Gasteiger partial charge in [0.15, 0.2) is 0 Å². The molecule has 0 aromatic carbocycles. The molecule has 0 bridgehead atoms. The molecule has 0 aliphatic rings. The number of carbonyl (C=O) groups is 1. The highest BCUT2D eigenvalue weighted by Gasteiger charge is 2.34. The van der Waals surface area contributed by atoms with Crippen molar-refractivity contribution >= 4 is 6.09 Å². The molecule has 1 N–H and O–H groups in total. The lowest BCUT2D eigenvalue weighted by Gasteiger charge is -2.38. The van der Waals surface area contributed by atoms with Crippen LogP contribution in [0.5, 0.6) is 0 Å². The molecule has 1 unspecified atom stereocenters. The van der Waals surface area contributed by atoms with Crippen LogP contribution in [-0.4, -0.2) is 32.5 Å². The minimum atomic E-state index is -0.428. The van der Waals surface area contributed by atoms with Crippen LogP contribution in [0.25, 0.3) is 0 Å². The summed E-state index contributed by atoms with van der Waals surface area (Å²) in [4.78, 5) is 11.8. The molecule has 0 radical (unpaired) electrons. The van der Waals surface area contributed by atoms with E-state index in [1.54, 1.807) is 7.11 Å². The van der Waals surface area contributed by atoms with E-state index in [9.17, 15) is 4.79 Å². The molecule has 4 heteroatoms. The SMILES string of the molecule is C=C(C(NC(=O)OCCOC)C(C)(C)C)C(C)(C)C. The van der Waals surface area contributed by atoms with Gasteiger partial charge in [-0.3, -0.25) is 0 Å². The number of hydrogen-bond donors (Lipinski definition) is 1. The van der Waals surface area contributed by atoms with Crippen LogP contribution in [0.2, 0.25) is 0 Å². The number of alkyl carbamates (subject to hydrolysis) is 1. The largest absolute Gasteiger partial charge is 0.447 e. The van der Waals surface area contributed by atoms with Gasteiger partial charge in [0.1, 0.15) is 6.61 Å². The van der Waals surface area contributed by atoms with Crippen LogP contribution in [0.3, 0.4) is 0 Å². The molecule has 1 amide bonds. The van der Waals surface area contributed by atoms with Crippen molar-refractivity contribution in [2.45, 2.75) is 47.6 Å². The number of nitrogens with one attached hydrogen (secondary N) is 1. The molecule has 0 rings (SSSR count). The Bertz CT molecular complexity index is 310. The van der Waals surface area contributed by atoms with Gasteiger partial charge in [-0.1, -0.05) is 48.1 Å². The molecule has 0 saturated heterocycles. The summed E-state index contributed by atoms with van der Waals surface area (Å²) in [5.41, 5.74) is 0.797. The van der Waals surface area contributed by atoms with Crippen LogP contribution in [0.15, 0.2) is 12.2 Å². The molecule has 0 aliphatic heterocycles. The molecular formula is C15H29NO3. The molecule has 0 spiro atoms. The summed E-state index contributed by atoms with van der Waals surface area (Å²) in [6.07, 6.45) is -0.428. The Kier molecular flexibility index (Phi) is 6.57. The van der Waals surface area contributed by atoms with Gasteiger partial charge in [0.2, 0.25) is 0 Å². The first-order valence-corrected chi connectivity index (χ1v) is 6.61. The first kappa shape index (κ1) is 18.0. The van der Waals surface area contributed by atoms with Crippen LogP contribution < -0.4 is 5.32 Å². The number of carbonyl (C=O) groups excluding carboxylic acids is 1. The van der Waals surface area contributed by atoms with Crippen molar-refractivity contribution in [3.8, 4) is 0 Å². The quantitative estimate of drug-likeness (QED) is 0.616. The van der Waals surface area contributed by atoms with E-state index in [1.807, 2.05) is 0 Å². The Morgan fingerprint density at radius 1 is 1.16 bits per heavy atom. The number of amides is 1. The number of rotatable bonds is 5. The van der Waals surface area contributed by atoms with Gasteiger partial charge in [0, 0.05) is 7.11 Å². The van der Waals surface area contributed by atoms with Crippen molar-refractivity contribution in [1.29, 1.82) is 0 Å². The Balaban J connectivity index is 4.72. The zero-order chi connectivity index (χ0) is 15.3. The highest BCUT2D eigenvalue weighted by atomic mass is 16.6. The minimum absolute atomic E-state index is 0.0717. The maximum atomic E-state index is 11.8. The normalized spacial score (nSPS) is 13.8. The first-order valence-electron chi connectivity index (χ1n) is 6.61. The molecule has 0 saturated carbocycles. The van der Waals surface area contributed by atoms with Gasteiger partial charge in [-0.15, -0.1) is 0 Å². The summed E-state index contributed by atoms with van der Waals surface area (Å²) >= 11 is 0. The smallest absolute Gasteiger partial charge is 0.407 e. The van der Waals surface area contributed by atoms with Gasteiger partial charge in [-0.25, -0.2) is 4.79 Å². The third kappa shape index (κ3) is 6.62. The van der Waals surface area contributed by atoms with Crippen molar-refractivity contribution in [1.82, 2.24) is 5.32 Å². The van der Waals surface area contributed by atoms with E-state index in [2.05, 4.69) is 53.4 Å². The topological polar surface area (TPSA) is 47.6 Å². The van der Waals surface area contributed by atoms with Gasteiger partial charge in [-0.05, 0) is 16.4 Å². The summed E-state index contributed by atoms with van der Waals surface area (Å²) in [6, 6.07) is -0.137. The zero-order valence-corrected chi connectivity index (χ0v) is 13.4. The summed E-state index contributed by atoms with van der Waals surface area (Å²) in [5, 5.41) is 2.91. The second kappa shape index (κ2) is 6.94. The fourth-order valence-corrected chi connectivity index (χ4v) is 1.64. The molecule has 4 nitrogen and oxygen atoms in total. The van der Waals surface area contributed by atoms with E-state index in [0.717, 1.165) is 5.57 Å². The molecule has 112 valence electrons. The van der Waals surface area contributed by atoms with Crippen LogP contribution in [0.4, 0.5) is 4.79 Å². The summed E-state index contributed by atoms with van der Waals surface area (Å²) in [6.45, 7) is 17.3. The minimum Gasteiger partial charge on any atom is -0.447 e. The third-order valence-electron chi connectivity index (χ3n) is 2.96. The molecule has 0 aromatic rings. The molecule has 0 heterocycles. The monoisotopic (exact) mass is 271 g/mol. The summed E-state index contributed by atoms with van der Waals surface area (Å²) in [5.74, 6) is 0. The highest BCUT2D eigenvalue weighted by molar-refractivity contribution is 5.68. The van der Waals surface area contributed by atoms with Gasteiger partial charge in [-0.2, -0.15) is 0 Å². The lowest BCUT2D eigenvalue weighted by molar-refractivity contribution is 0.0928. The van der Waals surface area contributed by atoms with Crippen LogP contribution in [0, 0.1) is 10.8 Å². The molecule has 19 heavy (non-hydrogen) atoms. The molecule has 0 aliphatic carbocycles. The van der Waals surface area contributed by atoms with E-state index in [1.165, 1.54) is 0 Å². The number of ether oxygens (including phenoxy) is 2. The maximum absolute atomic E-state index is 11.8. The van der Waals surface area contributed by atoms with Crippen molar-refractivity contribution in [3.63, 3.8) is 0 Å². The predicted octanol–water partition coefficient (Wildman–Crippen LogP) is 3.38. The van der Waals surface area contributed by atoms with Crippen molar-refractivity contribution < 1.29 is 14.3 Å². The Morgan fingerprint density at radius 3 is 2.05 bits per heavy atom. The summed E-state index contributed by atoms with van der Waals surface area (Å²) in [7, 11) is 1.57. The fraction of sp³-hybridized carbons (Fsp3) is 0.800. The molecule has 1 atom stereocenters. The lowest BCUT2D eigenvalue weighted by atomic mass is 9.73. The van der Waals surface area contributed by atoms with E-state index in [0.29, 0.717) is 6.61 Å². The molecule has 0 fully saturated rings. The van der Waals surface area contributed by atoms with Crippen LogP contribution >= 0.6 is 0 Å². The van der Waals surface area contributed by atoms with Crippen molar-refractivity contribution in [3.05, 3.63) is 12.2 Å². The molecular weight excluding hydrogens is 242 g/mol. The molecule has 0 aromatic heterocycles. The average Bonchev–Trinajstić information content (AvgIpc) is 2.22. The Hall–Kier alpha value is -1.03. The van der Waals surface area contributed by atoms with Crippen molar-refractivity contribution in [2.75, 3.05) is 20.3 Å². The number of hydrogen-bond acceptors (Lipinski definition) is 3. The zero-order valence-electron chi connectivity index (χ0n) is 13.4. The second-order valence-corrected chi connectivity index (χ2v) is 6.85. The predicted molar refractivity (Wildman–Crippen MR) is 78.2 cm³/mol. The lowest BCUT2D eigenvalue weighted by Crippen LogP contribution is -2.47. The number of methoxy groups -OCH3 is 1. The maximum Gasteiger partial charge on any atom is 0.407 e. The van der Waals surface area contributed by atoms with Gasteiger partial charge < -0.3 is 14.8 Å². The highest BCUT2D eigenvalue weighted by Crippen LogP contribution is 2.34. The van der Waals surface area contributed by atoms with Gasteiger partial charge in [0.05, 0.1) is 12.6 Å². The van der Waals surface area contributed by atoms with E-state index < -0.39 is 6.09 Å². The third-order valence-corrected chi connectivity index (χ3v) is 2.96. The van der Waals surface area contributed by atoms with Crippen LogP contribution in [-0.2, 0) is 9.47 Å². The van der Waals surface area contributed by atoms with Gasteiger partial charge in [0.25, 0.3) is 0 Å². The van der Waals surface area contributed by atoms with Crippen LogP contribution in [0.1, 0.15) is 41.5 Å². The van der Waals surface area contributed by atoms with E-state index in [4.69, 9.17) is 9.47 Å². The first-order chi connectivity index (χ1) is 8.50. The Morgan fingerprint density at radius 2 is 1.68 bits per heavy atom. The van der Waals surface area contributed by atoms with Crippen molar-refractivity contribution in [2.24, 2.45) is 10.8 Å². The van der Waals surface area contributed by atoms with E-state index >= 15 is 0 Å². The Labute approximate surface area is 117 Å². The average molecular weight is 271 g/mol. The standard InChI is InChI=1S/C15H29NO3/c1-11(14(2,3)4)12(15(5,6)7)16-13(17)19-10-9-18-8/h12H,1,9-10H2,2-8H3,(H,16,17). The van der Waals surface area contributed by atoms with E-state index in [-0.39, 0.29) is 23.5 Å². The van der Waals surface area contributed by atoms with Gasteiger partial charge >= 0.3 is 6.09 Å².